The lowest BCUT2D eigenvalue weighted by atomic mass is 9.82. The minimum atomic E-state index is -2.60. The molecule has 166 valence electrons. The van der Waals surface area contributed by atoms with Crippen LogP contribution < -0.4 is 15.2 Å². The van der Waals surface area contributed by atoms with Crippen LogP contribution >= 0.6 is 11.6 Å². The van der Waals surface area contributed by atoms with E-state index in [0.29, 0.717) is 28.6 Å². The first-order valence-electron chi connectivity index (χ1n) is 9.97. The Bertz CT molecular complexity index is 1120. The molecule has 1 aliphatic heterocycles. The molecule has 1 N–H and O–H groups in total. The van der Waals surface area contributed by atoms with Crippen molar-refractivity contribution in [3.8, 4) is 17.0 Å². The van der Waals surface area contributed by atoms with E-state index in [2.05, 4.69) is 0 Å². The van der Waals surface area contributed by atoms with E-state index < -0.39 is 22.9 Å². The number of nitrogens with zero attached hydrogens (tertiary/aromatic N) is 2. The van der Waals surface area contributed by atoms with Crippen LogP contribution in [0.3, 0.4) is 0 Å². The quantitative estimate of drug-likeness (QED) is 0.737. The molecule has 0 spiro atoms. The summed E-state index contributed by atoms with van der Waals surface area (Å²) in [5, 5.41) is 11.6. The highest BCUT2D eigenvalue weighted by Crippen LogP contribution is 2.43. The van der Waals surface area contributed by atoms with Crippen LogP contribution in [0.5, 0.6) is 5.75 Å². The fourth-order valence-electron chi connectivity index (χ4n) is 4.07. The Labute approximate surface area is 183 Å². The molecule has 1 aromatic heterocycles. The van der Waals surface area contributed by atoms with Crippen LogP contribution in [0.1, 0.15) is 49.5 Å². The summed E-state index contributed by atoms with van der Waals surface area (Å²) in [6, 6.07) is 4.74. The number of alkyl halides is 2. The third kappa shape index (κ3) is 4.01. The molecule has 0 amide bonds. The van der Waals surface area contributed by atoms with Crippen molar-refractivity contribution in [3.63, 3.8) is 0 Å². The zero-order valence-electron chi connectivity index (χ0n) is 17.4. The molecule has 1 aliphatic carbocycles. The Balaban J connectivity index is 1.73. The van der Waals surface area contributed by atoms with E-state index in [1.54, 1.807) is 16.8 Å². The number of carbonyl (C=O) groups is 1. The minimum absolute atomic E-state index is 0.162. The molecule has 0 unspecified atom stereocenters. The summed E-state index contributed by atoms with van der Waals surface area (Å²) < 4.78 is 33.6. The molecule has 2 heterocycles. The second-order valence-electron chi connectivity index (χ2n) is 9.20. The Kier molecular flexibility index (Phi) is 5.04. The predicted molar refractivity (Wildman–Crippen MR) is 113 cm³/mol. The Hall–Kier alpha value is -2.61. The van der Waals surface area contributed by atoms with Gasteiger partial charge in [-0.1, -0.05) is 11.6 Å². The predicted octanol–water partition coefficient (Wildman–Crippen LogP) is 4.54. The number of pyridine rings is 1. The average molecular weight is 453 g/mol. The smallest absolute Gasteiger partial charge is 0.341 e. The van der Waals surface area contributed by atoms with Gasteiger partial charge in [-0.05, 0) is 38.5 Å². The van der Waals surface area contributed by atoms with Crippen molar-refractivity contribution in [2.75, 3.05) is 11.6 Å². The number of hydrogen-bond donors (Lipinski definition) is 1. The lowest BCUT2D eigenvalue weighted by Gasteiger charge is -2.44. The molecule has 1 aromatic carbocycles. The fraction of sp³-hybridized carbons (Fsp3) is 0.455. The molecule has 2 aliphatic rings. The van der Waals surface area contributed by atoms with Gasteiger partial charge in [0.05, 0.1) is 23.9 Å². The summed E-state index contributed by atoms with van der Waals surface area (Å²) >= 11 is 6.41. The number of fused-ring (bicyclic) bond motifs is 3. The van der Waals surface area contributed by atoms with Crippen molar-refractivity contribution in [3.05, 3.63) is 50.8 Å². The Morgan fingerprint density at radius 1 is 1.29 bits per heavy atom. The first kappa shape index (κ1) is 21.6. The summed E-state index contributed by atoms with van der Waals surface area (Å²) in [4.78, 5) is 23.9. The number of carboxylic acid groups (broad SMARTS) is 1. The first-order chi connectivity index (χ1) is 14.4. The highest BCUT2D eigenvalue weighted by Gasteiger charge is 2.45. The van der Waals surface area contributed by atoms with Gasteiger partial charge in [0, 0.05) is 42.1 Å². The molecular weight excluding hydrogens is 430 g/mol. The molecule has 1 saturated carbocycles. The van der Waals surface area contributed by atoms with Gasteiger partial charge in [-0.25, -0.2) is 13.6 Å². The number of ether oxygens (including phenoxy) is 1. The molecular formula is C22H23ClF2N2O4. The maximum absolute atomic E-state index is 13.1. The van der Waals surface area contributed by atoms with Gasteiger partial charge in [-0.15, -0.1) is 0 Å². The number of carboxylic acids is 1. The highest BCUT2D eigenvalue weighted by atomic mass is 35.5. The Morgan fingerprint density at radius 2 is 1.97 bits per heavy atom. The van der Waals surface area contributed by atoms with Crippen molar-refractivity contribution in [2.24, 2.45) is 5.92 Å². The second kappa shape index (κ2) is 7.22. The molecule has 0 radical (unpaired) electrons. The number of hydrogen-bond acceptors (Lipinski definition) is 4. The molecule has 0 bridgehead atoms. The number of halogens is 3. The summed E-state index contributed by atoms with van der Waals surface area (Å²) in [5.74, 6) is -3.69. The average Bonchev–Trinajstić information content (AvgIpc) is 2.62. The zero-order valence-corrected chi connectivity index (χ0v) is 18.2. The van der Waals surface area contributed by atoms with Crippen molar-refractivity contribution < 1.29 is 23.4 Å². The second-order valence-corrected chi connectivity index (χ2v) is 9.60. The van der Waals surface area contributed by atoms with Gasteiger partial charge in [-0.2, -0.15) is 0 Å². The number of benzene rings is 1. The van der Waals surface area contributed by atoms with E-state index in [-0.39, 0.29) is 30.9 Å². The van der Waals surface area contributed by atoms with Crippen LogP contribution in [-0.2, 0) is 6.54 Å². The van der Waals surface area contributed by atoms with E-state index in [9.17, 15) is 23.5 Å². The van der Waals surface area contributed by atoms with Crippen LogP contribution in [0.2, 0.25) is 5.02 Å². The molecule has 0 atom stereocenters. The van der Waals surface area contributed by atoms with Crippen LogP contribution in [0.15, 0.2) is 29.2 Å². The van der Waals surface area contributed by atoms with E-state index >= 15 is 0 Å². The molecule has 6 nitrogen and oxygen atoms in total. The minimum Gasteiger partial charge on any atom is -0.492 e. The van der Waals surface area contributed by atoms with Crippen LogP contribution in [0, 0.1) is 5.92 Å². The topological polar surface area (TPSA) is 71.8 Å². The monoisotopic (exact) mass is 452 g/mol. The summed E-state index contributed by atoms with van der Waals surface area (Å²) in [6.45, 7) is 6.51. The van der Waals surface area contributed by atoms with Crippen molar-refractivity contribution in [2.45, 2.75) is 51.6 Å². The number of aromatic nitrogens is 1. The van der Waals surface area contributed by atoms with Crippen LogP contribution in [0.4, 0.5) is 8.78 Å². The van der Waals surface area contributed by atoms with Crippen LogP contribution in [-0.4, -0.2) is 33.8 Å². The SMILES string of the molecule is CC(C)(C)N1Cc2cc(OCC3CC(F)(F)C3)c(Cl)cc2-c2cc(=O)c(C(=O)O)cn21. The normalized spacial score (nSPS) is 17.5. The van der Waals surface area contributed by atoms with Gasteiger partial charge in [0.1, 0.15) is 11.3 Å². The van der Waals surface area contributed by atoms with E-state index in [0.717, 1.165) is 5.56 Å². The standard InChI is InChI=1S/C22H23ClF2N2O4/c1-21(2,3)27-9-13-4-19(31-11-12-7-22(24,25)8-12)16(23)5-14(13)17-6-18(28)15(20(29)30)10-26(17)27/h4-6,10,12H,7-9,11H2,1-3H3,(H,29,30). The molecule has 2 aromatic rings. The van der Waals surface area contributed by atoms with Gasteiger partial charge in [-0.3, -0.25) is 9.47 Å². The molecule has 9 heteroatoms. The number of aromatic carboxylic acids is 1. The van der Waals surface area contributed by atoms with Gasteiger partial charge >= 0.3 is 5.97 Å². The highest BCUT2D eigenvalue weighted by molar-refractivity contribution is 6.32. The van der Waals surface area contributed by atoms with Gasteiger partial charge in [0.2, 0.25) is 5.92 Å². The van der Waals surface area contributed by atoms with Crippen molar-refractivity contribution in [1.29, 1.82) is 0 Å². The molecule has 1 fully saturated rings. The molecule has 31 heavy (non-hydrogen) atoms. The van der Waals surface area contributed by atoms with Gasteiger partial charge < -0.3 is 14.9 Å². The fourth-order valence-corrected chi connectivity index (χ4v) is 4.29. The number of rotatable bonds is 4. The lowest BCUT2D eigenvalue weighted by Crippen LogP contribution is -2.51. The third-order valence-electron chi connectivity index (χ3n) is 5.70. The maximum Gasteiger partial charge on any atom is 0.341 e. The van der Waals surface area contributed by atoms with Crippen LogP contribution in [0.25, 0.3) is 11.3 Å². The third-order valence-corrected chi connectivity index (χ3v) is 5.99. The first-order valence-corrected chi connectivity index (χ1v) is 10.3. The molecule has 0 saturated heterocycles. The largest absolute Gasteiger partial charge is 0.492 e. The zero-order chi connectivity index (χ0) is 22.7. The molecule has 4 rings (SSSR count). The maximum atomic E-state index is 13.1. The van der Waals surface area contributed by atoms with Gasteiger partial charge in [0.25, 0.3) is 0 Å². The van der Waals surface area contributed by atoms with Crippen molar-refractivity contribution >= 4 is 17.6 Å². The van der Waals surface area contributed by atoms with Crippen molar-refractivity contribution in [1.82, 2.24) is 4.68 Å². The summed E-state index contributed by atoms with van der Waals surface area (Å²) in [6.07, 6.45) is 0.967. The Morgan fingerprint density at radius 3 is 2.55 bits per heavy atom. The lowest BCUT2D eigenvalue weighted by molar-refractivity contribution is -0.119. The van der Waals surface area contributed by atoms with Gasteiger partial charge in [0.15, 0.2) is 5.43 Å². The van der Waals surface area contributed by atoms with E-state index in [1.807, 2.05) is 25.8 Å². The summed E-state index contributed by atoms with van der Waals surface area (Å²) in [5.41, 5.74) is 0.763. The van der Waals surface area contributed by atoms with E-state index in [4.69, 9.17) is 16.3 Å². The van der Waals surface area contributed by atoms with E-state index in [1.165, 1.54) is 12.3 Å². The summed E-state index contributed by atoms with van der Waals surface area (Å²) in [7, 11) is 0.